The van der Waals surface area contributed by atoms with E-state index < -0.39 is 0 Å². The van der Waals surface area contributed by atoms with Gasteiger partial charge in [0.05, 0.1) is 6.54 Å². The van der Waals surface area contributed by atoms with E-state index in [0.29, 0.717) is 12.6 Å². The zero-order chi connectivity index (χ0) is 13.5. The fourth-order valence-electron chi connectivity index (χ4n) is 2.25. The molecule has 1 aliphatic rings. The van der Waals surface area contributed by atoms with Crippen molar-refractivity contribution in [3.05, 3.63) is 29.8 Å². The third-order valence-corrected chi connectivity index (χ3v) is 3.15. The molecular formula is C15H19N3O. The molecule has 4 heteroatoms. The first-order valence-electron chi connectivity index (χ1n) is 6.64. The molecule has 4 N–H and O–H groups in total. The first-order chi connectivity index (χ1) is 9.28. The van der Waals surface area contributed by atoms with Gasteiger partial charge in [-0.1, -0.05) is 30.7 Å². The highest BCUT2D eigenvalue weighted by atomic mass is 16.2. The Morgan fingerprint density at radius 3 is 2.89 bits per heavy atom. The third kappa shape index (κ3) is 4.31. The predicted octanol–water partition coefficient (Wildman–Crippen LogP) is 2.06. The van der Waals surface area contributed by atoms with Crippen molar-refractivity contribution in [3.8, 4) is 11.8 Å². The van der Waals surface area contributed by atoms with Crippen LogP contribution in [0.1, 0.15) is 31.2 Å². The topological polar surface area (TPSA) is 67.1 Å². The second kappa shape index (κ2) is 6.81. The molecule has 0 spiro atoms. The predicted molar refractivity (Wildman–Crippen MR) is 76.8 cm³/mol. The summed E-state index contributed by atoms with van der Waals surface area (Å²) in [5.74, 6) is 5.74. The molecule has 2 amide bonds. The number of rotatable bonds is 2. The fourth-order valence-corrected chi connectivity index (χ4v) is 2.25. The van der Waals surface area contributed by atoms with Crippen LogP contribution in [0.25, 0.3) is 0 Å². The summed E-state index contributed by atoms with van der Waals surface area (Å²) in [6.07, 6.45) is 4.56. The Bertz CT molecular complexity index is 496. The van der Waals surface area contributed by atoms with E-state index in [1.807, 2.05) is 24.3 Å². The molecule has 0 aromatic heterocycles. The van der Waals surface area contributed by atoms with Crippen LogP contribution in [0.15, 0.2) is 24.3 Å². The van der Waals surface area contributed by atoms with Crippen LogP contribution >= 0.6 is 0 Å². The van der Waals surface area contributed by atoms with Gasteiger partial charge >= 0.3 is 6.03 Å². The second-order valence-corrected chi connectivity index (χ2v) is 4.67. The lowest BCUT2D eigenvalue weighted by atomic mass is 10.2. The lowest BCUT2D eigenvalue weighted by molar-refractivity contribution is 0.248. The number of anilines is 1. The highest BCUT2D eigenvalue weighted by molar-refractivity contribution is 5.89. The molecule has 1 aromatic rings. The first-order valence-corrected chi connectivity index (χ1v) is 6.64. The van der Waals surface area contributed by atoms with Crippen LogP contribution in [0, 0.1) is 11.8 Å². The van der Waals surface area contributed by atoms with Crippen molar-refractivity contribution in [2.75, 3.05) is 11.9 Å². The highest BCUT2D eigenvalue weighted by Crippen LogP contribution is 2.18. The molecule has 4 nitrogen and oxygen atoms in total. The molecule has 100 valence electrons. The summed E-state index contributed by atoms with van der Waals surface area (Å²) < 4.78 is 0. The van der Waals surface area contributed by atoms with E-state index in [1.54, 1.807) is 0 Å². The van der Waals surface area contributed by atoms with Crippen molar-refractivity contribution >= 4 is 11.7 Å². The van der Waals surface area contributed by atoms with Crippen molar-refractivity contribution in [1.82, 2.24) is 5.32 Å². The summed E-state index contributed by atoms with van der Waals surface area (Å²) in [5, 5.41) is 5.82. The van der Waals surface area contributed by atoms with Gasteiger partial charge in [0.15, 0.2) is 0 Å². The van der Waals surface area contributed by atoms with E-state index in [9.17, 15) is 4.79 Å². The van der Waals surface area contributed by atoms with Gasteiger partial charge in [-0.25, -0.2) is 4.79 Å². The van der Waals surface area contributed by atoms with Crippen molar-refractivity contribution in [3.63, 3.8) is 0 Å². The Labute approximate surface area is 113 Å². The number of amides is 2. The number of nitrogens with one attached hydrogen (secondary N) is 2. The second-order valence-electron chi connectivity index (χ2n) is 4.67. The van der Waals surface area contributed by atoms with Crippen LogP contribution in [-0.2, 0) is 0 Å². The van der Waals surface area contributed by atoms with Gasteiger partial charge in [0, 0.05) is 17.3 Å². The lowest BCUT2D eigenvalue weighted by Gasteiger charge is -2.13. The summed E-state index contributed by atoms with van der Waals surface area (Å²) in [4.78, 5) is 11.8. The number of nitrogens with two attached hydrogens (primary N) is 1. The van der Waals surface area contributed by atoms with Gasteiger partial charge in [0.2, 0.25) is 0 Å². The maximum absolute atomic E-state index is 11.8. The maximum Gasteiger partial charge on any atom is 0.319 e. The maximum atomic E-state index is 11.8. The number of hydrogen-bond donors (Lipinski definition) is 3. The summed E-state index contributed by atoms with van der Waals surface area (Å²) in [6, 6.07) is 7.63. The normalized spacial score (nSPS) is 14.6. The third-order valence-electron chi connectivity index (χ3n) is 3.15. The minimum atomic E-state index is -0.143. The van der Waals surface area contributed by atoms with E-state index in [1.165, 1.54) is 12.8 Å². The van der Waals surface area contributed by atoms with Gasteiger partial charge in [0.1, 0.15) is 0 Å². The van der Waals surface area contributed by atoms with Gasteiger partial charge in [-0.05, 0) is 31.0 Å². The summed E-state index contributed by atoms with van der Waals surface area (Å²) in [6.45, 7) is 0.333. The molecule has 0 radical (unpaired) electrons. The van der Waals surface area contributed by atoms with Gasteiger partial charge in [-0.15, -0.1) is 0 Å². The first kappa shape index (κ1) is 13.4. The van der Waals surface area contributed by atoms with Crippen LogP contribution in [0.2, 0.25) is 0 Å². The number of urea groups is 1. The Morgan fingerprint density at radius 2 is 2.16 bits per heavy atom. The Balaban J connectivity index is 1.92. The minimum absolute atomic E-state index is 0.143. The van der Waals surface area contributed by atoms with Crippen LogP contribution in [0.3, 0.4) is 0 Å². The van der Waals surface area contributed by atoms with Crippen molar-refractivity contribution < 1.29 is 4.79 Å². The SMILES string of the molecule is NCC#Cc1cccc(NC(=O)NC2CCCC2)c1. The molecule has 1 fully saturated rings. The van der Waals surface area contributed by atoms with E-state index in [4.69, 9.17) is 5.73 Å². The molecule has 2 rings (SSSR count). The zero-order valence-electron chi connectivity index (χ0n) is 10.9. The Kier molecular flexibility index (Phi) is 4.82. The van der Waals surface area contributed by atoms with Gasteiger partial charge in [0.25, 0.3) is 0 Å². The summed E-state index contributed by atoms with van der Waals surface area (Å²) in [7, 11) is 0. The number of carbonyl (C=O) groups is 1. The smallest absolute Gasteiger partial charge is 0.319 e. The average molecular weight is 257 g/mol. The summed E-state index contributed by atoms with van der Waals surface area (Å²) >= 11 is 0. The van der Waals surface area contributed by atoms with Crippen LogP contribution < -0.4 is 16.4 Å². The number of carbonyl (C=O) groups excluding carboxylic acids is 1. The molecule has 0 bridgehead atoms. The number of hydrogen-bond acceptors (Lipinski definition) is 2. The van der Waals surface area contributed by atoms with Crippen LogP contribution in [0.4, 0.5) is 10.5 Å². The highest BCUT2D eigenvalue weighted by Gasteiger charge is 2.16. The van der Waals surface area contributed by atoms with Crippen LogP contribution in [0.5, 0.6) is 0 Å². The zero-order valence-corrected chi connectivity index (χ0v) is 10.9. The fraction of sp³-hybridized carbons (Fsp3) is 0.400. The van der Waals surface area contributed by atoms with E-state index >= 15 is 0 Å². The van der Waals surface area contributed by atoms with Gasteiger partial charge in [-0.3, -0.25) is 0 Å². The minimum Gasteiger partial charge on any atom is -0.335 e. The molecule has 1 aliphatic carbocycles. The van der Waals surface area contributed by atoms with E-state index in [2.05, 4.69) is 22.5 Å². The van der Waals surface area contributed by atoms with Crippen molar-refractivity contribution in [1.29, 1.82) is 0 Å². The quantitative estimate of drug-likeness (QED) is 0.710. The van der Waals surface area contributed by atoms with Gasteiger partial charge in [-0.2, -0.15) is 0 Å². The lowest BCUT2D eigenvalue weighted by Crippen LogP contribution is -2.36. The molecule has 0 atom stereocenters. The molecule has 1 saturated carbocycles. The van der Waals surface area contributed by atoms with Crippen LogP contribution in [-0.4, -0.2) is 18.6 Å². The molecule has 0 aliphatic heterocycles. The molecule has 0 heterocycles. The Hall–Kier alpha value is -1.99. The largest absolute Gasteiger partial charge is 0.335 e. The molecule has 0 unspecified atom stereocenters. The van der Waals surface area contributed by atoms with E-state index in [-0.39, 0.29) is 6.03 Å². The molecule has 1 aromatic carbocycles. The number of benzene rings is 1. The molecular weight excluding hydrogens is 238 g/mol. The summed E-state index contributed by atoms with van der Waals surface area (Å²) in [5.41, 5.74) is 6.93. The molecule has 0 saturated heterocycles. The van der Waals surface area contributed by atoms with Crippen molar-refractivity contribution in [2.45, 2.75) is 31.7 Å². The Morgan fingerprint density at radius 1 is 1.37 bits per heavy atom. The van der Waals surface area contributed by atoms with E-state index in [0.717, 1.165) is 24.1 Å². The monoisotopic (exact) mass is 257 g/mol. The molecule has 19 heavy (non-hydrogen) atoms. The van der Waals surface area contributed by atoms with Crippen molar-refractivity contribution in [2.24, 2.45) is 5.73 Å². The average Bonchev–Trinajstić information content (AvgIpc) is 2.89. The van der Waals surface area contributed by atoms with Gasteiger partial charge < -0.3 is 16.4 Å². The standard InChI is InChI=1S/C15H19N3O/c16-10-4-6-12-5-3-9-14(11-12)18-15(19)17-13-7-1-2-8-13/h3,5,9,11,13H,1-2,7-8,10,16H2,(H2,17,18,19).